The molecule has 2 N–H and O–H groups in total. The van der Waals surface area contributed by atoms with Gasteiger partial charge in [-0.15, -0.1) is 0 Å². The Morgan fingerprint density at radius 3 is 2.65 bits per heavy atom. The molecular weight excluding hydrogens is 388 g/mol. The maximum atomic E-state index is 12.4. The molecule has 0 aromatic heterocycles. The average Bonchev–Trinajstić information content (AvgIpc) is 3.49. The van der Waals surface area contributed by atoms with Crippen molar-refractivity contribution in [2.24, 2.45) is 5.92 Å². The van der Waals surface area contributed by atoms with E-state index >= 15 is 0 Å². The maximum absolute atomic E-state index is 12.4. The highest BCUT2D eigenvalue weighted by atomic mass is 16.5. The van der Waals surface area contributed by atoms with E-state index in [0.717, 1.165) is 31.8 Å². The van der Waals surface area contributed by atoms with Gasteiger partial charge in [0.05, 0.1) is 7.11 Å². The second-order valence-electron chi connectivity index (χ2n) is 8.62. The molecule has 1 atom stereocenters. The molecule has 6 nitrogen and oxygen atoms in total. The van der Waals surface area contributed by atoms with Crippen LogP contribution >= 0.6 is 0 Å². The quantitative estimate of drug-likeness (QED) is 0.682. The molecule has 0 spiro atoms. The molecule has 2 aromatic rings. The van der Waals surface area contributed by atoms with Crippen LogP contribution in [-0.2, 0) is 13.1 Å². The van der Waals surface area contributed by atoms with Crippen LogP contribution in [0.1, 0.15) is 30.4 Å². The van der Waals surface area contributed by atoms with E-state index < -0.39 is 0 Å². The molecule has 2 saturated heterocycles. The summed E-state index contributed by atoms with van der Waals surface area (Å²) in [6.45, 7) is 6.55. The van der Waals surface area contributed by atoms with E-state index in [-0.39, 0.29) is 6.03 Å². The van der Waals surface area contributed by atoms with Gasteiger partial charge in [-0.2, -0.15) is 0 Å². The lowest BCUT2D eigenvalue weighted by atomic mass is 10.1. The molecule has 2 fully saturated rings. The molecule has 2 aliphatic rings. The van der Waals surface area contributed by atoms with Crippen molar-refractivity contribution < 1.29 is 9.53 Å². The Balaban J connectivity index is 1.21. The molecule has 2 amide bonds. The molecule has 0 saturated carbocycles. The third-order valence-corrected chi connectivity index (χ3v) is 6.41. The second kappa shape index (κ2) is 10.5. The number of carbonyl (C=O) groups excluding carboxylic acids is 1. The predicted octanol–water partition coefficient (Wildman–Crippen LogP) is 3.62. The number of hydrogen-bond acceptors (Lipinski definition) is 4. The fourth-order valence-electron chi connectivity index (χ4n) is 4.58. The fraction of sp³-hybridized carbons (Fsp3) is 0.480. The summed E-state index contributed by atoms with van der Waals surface area (Å²) < 4.78 is 5.33. The molecule has 31 heavy (non-hydrogen) atoms. The summed E-state index contributed by atoms with van der Waals surface area (Å²) in [5.74, 6) is 1.34. The number of likely N-dealkylation sites (tertiary alicyclic amines) is 1. The van der Waals surface area contributed by atoms with Gasteiger partial charge in [0.1, 0.15) is 5.75 Å². The average molecular weight is 423 g/mol. The van der Waals surface area contributed by atoms with E-state index in [2.05, 4.69) is 50.8 Å². The zero-order chi connectivity index (χ0) is 21.5. The number of ether oxygens (including phenoxy) is 1. The summed E-state index contributed by atoms with van der Waals surface area (Å²) in [5.41, 5.74) is 3.70. The number of methoxy groups -OCH3 is 1. The Morgan fingerprint density at radius 1 is 1.03 bits per heavy atom. The van der Waals surface area contributed by atoms with Crippen molar-refractivity contribution in [2.45, 2.75) is 32.4 Å². The first-order chi connectivity index (χ1) is 15.2. The molecule has 0 bridgehead atoms. The summed E-state index contributed by atoms with van der Waals surface area (Å²) >= 11 is 0. The van der Waals surface area contributed by atoms with Crippen LogP contribution in [0.2, 0.25) is 0 Å². The minimum atomic E-state index is -0.0872. The van der Waals surface area contributed by atoms with Crippen molar-refractivity contribution >= 4 is 11.7 Å². The van der Waals surface area contributed by atoms with Gasteiger partial charge in [0.2, 0.25) is 0 Å². The summed E-state index contributed by atoms with van der Waals surface area (Å²) in [5, 5.41) is 6.12. The van der Waals surface area contributed by atoms with Crippen LogP contribution in [-0.4, -0.2) is 50.8 Å². The van der Waals surface area contributed by atoms with E-state index in [1.54, 1.807) is 7.11 Å². The molecule has 166 valence electrons. The molecule has 0 radical (unpaired) electrons. The molecule has 0 aliphatic carbocycles. The summed E-state index contributed by atoms with van der Waals surface area (Å²) in [4.78, 5) is 17.3. The number of amides is 2. The molecule has 2 aromatic carbocycles. The van der Waals surface area contributed by atoms with E-state index in [1.807, 2.05) is 18.2 Å². The SMILES string of the molecule is COc1cccc(N2CCC(CNC(=O)NCc3ccccc3CN3CCCC3)C2)c1. The van der Waals surface area contributed by atoms with E-state index in [9.17, 15) is 4.79 Å². The molecule has 4 rings (SSSR count). The number of benzene rings is 2. The largest absolute Gasteiger partial charge is 0.497 e. The highest BCUT2D eigenvalue weighted by Crippen LogP contribution is 2.26. The Kier molecular flexibility index (Phi) is 7.30. The van der Waals surface area contributed by atoms with Gasteiger partial charge in [0.25, 0.3) is 0 Å². The molecule has 2 heterocycles. The minimum absolute atomic E-state index is 0.0872. The summed E-state index contributed by atoms with van der Waals surface area (Å²) in [6.07, 6.45) is 3.66. The molecule has 2 aliphatic heterocycles. The predicted molar refractivity (Wildman–Crippen MR) is 125 cm³/mol. The van der Waals surface area contributed by atoms with Gasteiger partial charge < -0.3 is 20.3 Å². The van der Waals surface area contributed by atoms with Crippen molar-refractivity contribution in [3.8, 4) is 5.75 Å². The summed E-state index contributed by atoms with van der Waals surface area (Å²) in [7, 11) is 1.69. The lowest BCUT2D eigenvalue weighted by Gasteiger charge is -2.20. The molecular formula is C25H34N4O2. The second-order valence-corrected chi connectivity index (χ2v) is 8.62. The van der Waals surface area contributed by atoms with Crippen LogP contribution in [0.4, 0.5) is 10.5 Å². The van der Waals surface area contributed by atoms with Crippen LogP contribution in [0.3, 0.4) is 0 Å². The fourth-order valence-corrected chi connectivity index (χ4v) is 4.58. The van der Waals surface area contributed by atoms with Crippen molar-refractivity contribution in [3.63, 3.8) is 0 Å². The zero-order valence-corrected chi connectivity index (χ0v) is 18.5. The maximum Gasteiger partial charge on any atom is 0.315 e. The van der Waals surface area contributed by atoms with Gasteiger partial charge in [-0.1, -0.05) is 30.3 Å². The van der Waals surface area contributed by atoms with E-state index in [1.165, 1.54) is 42.7 Å². The Morgan fingerprint density at radius 2 is 1.84 bits per heavy atom. The van der Waals surface area contributed by atoms with Crippen LogP contribution in [0, 0.1) is 5.92 Å². The van der Waals surface area contributed by atoms with Gasteiger partial charge >= 0.3 is 6.03 Å². The smallest absolute Gasteiger partial charge is 0.315 e. The highest BCUT2D eigenvalue weighted by molar-refractivity contribution is 5.73. The lowest BCUT2D eigenvalue weighted by Crippen LogP contribution is -2.38. The Bertz CT molecular complexity index is 866. The number of rotatable bonds is 8. The van der Waals surface area contributed by atoms with Gasteiger partial charge in [0, 0.05) is 44.5 Å². The Labute approximate surface area is 185 Å². The normalized spacial score (nSPS) is 18.9. The third kappa shape index (κ3) is 5.91. The number of urea groups is 1. The van der Waals surface area contributed by atoms with Crippen LogP contribution in [0.15, 0.2) is 48.5 Å². The first kappa shape index (κ1) is 21.5. The summed E-state index contributed by atoms with van der Waals surface area (Å²) in [6, 6.07) is 16.5. The lowest BCUT2D eigenvalue weighted by molar-refractivity contribution is 0.239. The number of nitrogens with zero attached hydrogens (tertiary/aromatic N) is 2. The number of hydrogen-bond donors (Lipinski definition) is 2. The van der Waals surface area contributed by atoms with E-state index in [0.29, 0.717) is 19.0 Å². The Hall–Kier alpha value is -2.73. The van der Waals surface area contributed by atoms with Gasteiger partial charge in [-0.25, -0.2) is 4.79 Å². The van der Waals surface area contributed by atoms with Crippen molar-refractivity contribution in [1.29, 1.82) is 0 Å². The first-order valence-electron chi connectivity index (χ1n) is 11.4. The van der Waals surface area contributed by atoms with Gasteiger partial charge in [-0.05, 0) is 61.5 Å². The van der Waals surface area contributed by atoms with Gasteiger partial charge in [-0.3, -0.25) is 4.90 Å². The standard InChI is InChI=1S/C25H34N4O2/c1-31-24-10-6-9-23(15-24)29-14-11-20(18-29)16-26-25(30)27-17-21-7-2-3-8-22(21)19-28-12-4-5-13-28/h2-3,6-10,15,20H,4-5,11-14,16-19H2,1H3,(H2,26,27,30). The van der Waals surface area contributed by atoms with Gasteiger partial charge in [0.15, 0.2) is 0 Å². The van der Waals surface area contributed by atoms with Crippen molar-refractivity contribution in [3.05, 3.63) is 59.7 Å². The number of nitrogens with one attached hydrogen (secondary N) is 2. The topological polar surface area (TPSA) is 56.8 Å². The third-order valence-electron chi connectivity index (χ3n) is 6.41. The van der Waals surface area contributed by atoms with Crippen LogP contribution < -0.4 is 20.3 Å². The monoisotopic (exact) mass is 422 g/mol. The first-order valence-corrected chi connectivity index (χ1v) is 11.4. The molecule has 1 unspecified atom stereocenters. The van der Waals surface area contributed by atoms with Crippen LogP contribution in [0.25, 0.3) is 0 Å². The minimum Gasteiger partial charge on any atom is -0.497 e. The van der Waals surface area contributed by atoms with Crippen LogP contribution in [0.5, 0.6) is 5.75 Å². The number of anilines is 1. The van der Waals surface area contributed by atoms with Crippen molar-refractivity contribution in [2.75, 3.05) is 44.7 Å². The van der Waals surface area contributed by atoms with E-state index in [4.69, 9.17) is 4.74 Å². The number of carbonyl (C=O) groups is 1. The molecule has 6 heteroatoms. The van der Waals surface area contributed by atoms with Crippen molar-refractivity contribution in [1.82, 2.24) is 15.5 Å². The zero-order valence-electron chi connectivity index (χ0n) is 18.5. The highest BCUT2D eigenvalue weighted by Gasteiger charge is 2.23.